The van der Waals surface area contributed by atoms with Gasteiger partial charge in [0.25, 0.3) is 0 Å². The average Bonchev–Trinajstić information content (AvgIpc) is 1.80. The maximum absolute atomic E-state index is 10.2. The van der Waals surface area contributed by atoms with E-state index in [1.807, 2.05) is 33.2 Å². The predicted molar refractivity (Wildman–Crippen MR) is 42.9 cm³/mol. The number of hydrogen-bond donors (Lipinski definition) is 1. The Labute approximate surface area is 67.6 Å². The summed E-state index contributed by atoms with van der Waals surface area (Å²) in [4.78, 5) is 10.2. The average molecular weight is 161 g/mol. The van der Waals surface area contributed by atoms with Gasteiger partial charge in [-0.15, -0.1) is 0 Å². The van der Waals surface area contributed by atoms with Gasteiger partial charge in [-0.2, -0.15) is 5.01 Å². The SMILES string of the molecule is CN(CCC(=O)O)[N+](C)(C)C. The molecule has 0 aromatic rings. The van der Waals surface area contributed by atoms with Crippen molar-refractivity contribution in [3.05, 3.63) is 0 Å². The molecule has 0 aliphatic carbocycles. The van der Waals surface area contributed by atoms with Crippen LogP contribution < -0.4 is 0 Å². The number of aliphatic carboxylic acids is 1. The molecule has 0 aromatic heterocycles. The fourth-order valence-corrected chi connectivity index (χ4v) is 0.557. The van der Waals surface area contributed by atoms with E-state index in [0.29, 0.717) is 11.1 Å². The quantitative estimate of drug-likeness (QED) is 0.466. The second-order valence-electron chi connectivity index (χ2n) is 3.47. The molecule has 0 saturated heterocycles. The summed E-state index contributed by atoms with van der Waals surface area (Å²) in [6.07, 6.45) is 0.200. The standard InChI is InChI=1S/C7H16N2O2/c1-8(9(2,3)4)6-5-7(10)11/h5-6H2,1-4H3/p+1. The van der Waals surface area contributed by atoms with Crippen molar-refractivity contribution in [2.24, 2.45) is 0 Å². The van der Waals surface area contributed by atoms with Crippen molar-refractivity contribution in [1.29, 1.82) is 0 Å². The number of carboxylic acids is 1. The van der Waals surface area contributed by atoms with Crippen LogP contribution in [-0.4, -0.2) is 55.4 Å². The van der Waals surface area contributed by atoms with Gasteiger partial charge in [0.15, 0.2) is 0 Å². The molecule has 0 heterocycles. The van der Waals surface area contributed by atoms with E-state index in [-0.39, 0.29) is 6.42 Å². The molecule has 0 rings (SSSR count). The minimum Gasteiger partial charge on any atom is -0.481 e. The molecule has 0 bridgehead atoms. The van der Waals surface area contributed by atoms with Crippen LogP contribution in [-0.2, 0) is 4.79 Å². The van der Waals surface area contributed by atoms with E-state index in [0.717, 1.165) is 0 Å². The van der Waals surface area contributed by atoms with E-state index in [2.05, 4.69) is 0 Å². The largest absolute Gasteiger partial charge is 0.481 e. The number of hydrogen-bond acceptors (Lipinski definition) is 2. The van der Waals surface area contributed by atoms with Crippen molar-refractivity contribution in [3.8, 4) is 0 Å². The summed E-state index contributed by atoms with van der Waals surface area (Å²) < 4.78 is 0.660. The summed E-state index contributed by atoms with van der Waals surface area (Å²) in [6.45, 7) is 0.582. The molecule has 1 N–H and O–H groups in total. The maximum Gasteiger partial charge on any atom is 0.304 e. The first-order valence-corrected chi connectivity index (χ1v) is 3.59. The van der Waals surface area contributed by atoms with E-state index in [4.69, 9.17) is 5.11 Å². The Hall–Kier alpha value is -0.610. The highest BCUT2D eigenvalue weighted by atomic mass is 16.4. The highest BCUT2D eigenvalue weighted by molar-refractivity contribution is 5.66. The van der Waals surface area contributed by atoms with Crippen LogP contribution in [0.2, 0.25) is 0 Å². The molecule has 11 heavy (non-hydrogen) atoms. The second-order valence-corrected chi connectivity index (χ2v) is 3.47. The Morgan fingerprint density at radius 1 is 1.45 bits per heavy atom. The van der Waals surface area contributed by atoms with Crippen LogP contribution in [0.1, 0.15) is 6.42 Å². The Morgan fingerprint density at radius 3 is 2.18 bits per heavy atom. The second kappa shape index (κ2) is 3.69. The molecule has 0 aromatic carbocycles. The van der Waals surface area contributed by atoms with Gasteiger partial charge < -0.3 is 5.11 Å². The zero-order chi connectivity index (χ0) is 9.07. The molecule has 0 amide bonds. The first kappa shape index (κ1) is 10.4. The lowest BCUT2D eigenvalue weighted by molar-refractivity contribution is -0.983. The minimum atomic E-state index is -0.745. The van der Waals surface area contributed by atoms with Gasteiger partial charge in [0, 0.05) is 7.05 Å². The zero-order valence-corrected chi connectivity index (χ0v) is 7.66. The highest BCUT2D eigenvalue weighted by Crippen LogP contribution is 1.98. The van der Waals surface area contributed by atoms with E-state index in [9.17, 15) is 4.79 Å². The summed E-state index contributed by atoms with van der Waals surface area (Å²) in [7, 11) is 7.91. The van der Waals surface area contributed by atoms with Gasteiger partial charge in [0.1, 0.15) is 0 Å². The van der Waals surface area contributed by atoms with E-state index >= 15 is 0 Å². The van der Waals surface area contributed by atoms with Crippen LogP contribution in [0.3, 0.4) is 0 Å². The monoisotopic (exact) mass is 161 g/mol. The predicted octanol–water partition coefficient (Wildman–Crippen LogP) is 0.0141. The van der Waals surface area contributed by atoms with Crippen molar-refractivity contribution in [2.45, 2.75) is 6.42 Å². The smallest absolute Gasteiger partial charge is 0.304 e. The summed E-state index contributed by atoms with van der Waals surface area (Å²) >= 11 is 0. The van der Waals surface area contributed by atoms with Crippen LogP contribution in [0.5, 0.6) is 0 Å². The van der Waals surface area contributed by atoms with Crippen LogP contribution in [0.15, 0.2) is 0 Å². The Morgan fingerprint density at radius 2 is 1.91 bits per heavy atom. The lowest BCUT2D eigenvalue weighted by Crippen LogP contribution is -2.49. The fourth-order valence-electron chi connectivity index (χ4n) is 0.557. The van der Waals surface area contributed by atoms with E-state index < -0.39 is 5.97 Å². The number of carbonyl (C=O) groups is 1. The molecular formula is C7H17N2O2+. The van der Waals surface area contributed by atoms with Gasteiger partial charge in [0.05, 0.1) is 34.1 Å². The third-order valence-corrected chi connectivity index (χ3v) is 1.67. The molecule has 0 spiro atoms. The number of rotatable bonds is 4. The first-order chi connectivity index (χ1) is 4.84. The third-order valence-electron chi connectivity index (χ3n) is 1.67. The Balaban J connectivity index is 3.70. The van der Waals surface area contributed by atoms with Crippen molar-refractivity contribution in [2.75, 3.05) is 34.7 Å². The molecule has 0 fully saturated rings. The molecule has 0 saturated carbocycles. The van der Waals surface area contributed by atoms with Crippen molar-refractivity contribution < 1.29 is 14.5 Å². The fraction of sp³-hybridized carbons (Fsp3) is 0.857. The first-order valence-electron chi connectivity index (χ1n) is 3.59. The van der Waals surface area contributed by atoms with E-state index in [1.165, 1.54) is 0 Å². The Bertz CT molecular complexity index is 140. The summed E-state index contributed by atoms with van der Waals surface area (Å²) in [5, 5.41) is 10.4. The van der Waals surface area contributed by atoms with Crippen molar-refractivity contribution in [3.63, 3.8) is 0 Å². The molecule has 4 nitrogen and oxygen atoms in total. The molecule has 0 radical (unpaired) electrons. The number of nitrogens with zero attached hydrogens (tertiary/aromatic N) is 2. The highest BCUT2D eigenvalue weighted by Gasteiger charge is 2.15. The summed E-state index contributed by atoms with van der Waals surface area (Å²) in [5.74, 6) is -0.745. The molecule has 0 aliphatic rings. The van der Waals surface area contributed by atoms with Crippen molar-refractivity contribution >= 4 is 5.97 Å². The lowest BCUT2D eigenvalue weighted by atomic mass is 10.4. The van der Waals surface area contributed by atoms with Gasteiger partial charge in [-0.1, -0.05) is 0 Å². The third kappa shape index (κ3) is 4.75. The zero-order valence-electron chi connectivity index (χ0n) is 7.66. The van der Waals surface area contributed by atoms with Crippen molar-refractivity contribution in [1.82, 2.24) is 5.01 Å². The number of quaternary nitrogens is 1. The van der Waals surface area contributed by atoms with Gasteiger partial charge >= 0.3 is 5.97 Å². The molecule has 0 unspecified atom stereocenters. The van der Waals surface area contributed by atoms with Crippen LogP contribution in [0, 0.1) is 0 Å². The minimum absolute atomic E-state index is 0.200. The normalized spacial score (nSPS) is 12.1. The summed E-state index contributed by atoms with van der Waals surface area (Å²) in [5.41, 5.74) is 0. The number of carboxylic acid groups (broad SMARTS) is 1. The van der Waals surface area contributed by atoms with Gasteiger partial charge in [-0.25, -0.2) is 0 Å². The van der Waals surface area contributed by atoms with Crippen LogP contribution >= 0.6 is 0 Å². The maximum atomic E-state index is 10.2. The molecule has 4 heteroatoms. The van der Waals surface area contributed by atoms with Gasteiger partial charge in [-0.05, 0) is 0 Å². The van der Waals surface area contributed by atoms with Crippen LogP contribution in [0.25, 0.3) is 0 Å². The molecule has 66 valence electrons. The van der Waals surface area contributed by atoms with Gasteiger partial charge in [-0.3, -0.25) is 9.39 Å². The summed E-state index contributed by atoms with van der Waals surface area (Å²) in [6, 6.07) is 0. The molecular weight excluding hydrogens is 144 g/mol. The Kier molecular flexibility index (Phi) is 3.48. The van der Waals surface area contributed by atoms with E-state index in [1.54, 1.807) is 0 Å². The molecule has 0 aliphatic heterocycles. The van der Waals surface area contributed by atoms with Crippen LogP contribution in [0.4, 0.5) is 0 Å². The topological polar surface area (TPSA) is 40.5 Å². The molecule has 0 atom stereocenters. The lowest BCUT2D eigenvalue weighted by Gasteiger charge is -2.33. The van der Waals surface area contributed by atoms with Gasteiger partial charge in [0.2, 0.25) is 0 Å².